The van der Waals surface area contributed by atoms with Gasteiger partial charge in [0.1, 0.15) is 11.9 Å². The highest BCUT2D eigenvalue weighted by Crippen LogP contribution is 2.35. The summed E-state index contributed by atoms with van der Waals surface area (Å²) in [6, 6.07) is 17.4. The quantitative estimate of drug-likeness (QED) is 0.720. The molecule has 7 heteroatoms. The molecule has 160 valence electrons. The molecule has 4 rings (SSSR count). The Morgan fingerprint density at radius 3 is 2.61 bits per heavy atom. The van der Waals surface area contributed by atoms with Crippen LogP contribution in [-0.4, -0.2) is 46.1 Å². The number of nitrogens with zero attached hydrogens (tertiary/aromatic N) is 3. The molecular formula is C24H26N4O2S. The Bertz CT molecular complexity index is 1030. The molecule has 0 bridgehead atoms. The van der Waals surface area contributed by atoms with Crippen LogP contribution in [0.4, 0.5) is 5.69 Å². The van der Waals surface area contributed by atoms with Gasteiger partial charge in [0.2, 0.25) is 5.91 Å². The van der Waals surface area contributed by atoms with E-state index in [0.717, 1.165) is 17.7 Å². The fourth-order valence-corrected chi connectivity index (χ4v) is 4.63. The molecule has 1 atom stereocenters. The zero-order chi connectivity index (χ0) is 21.8. The molecule has 2 aliphatic rings. The molecule has 2 amide bonds. The minimum Gasteiger partial charge on any atom is -0.355 e. The molecule has 2 heterocycles. The second kappa shape index (κ2) is 9.47. The summed E-state index contributed by atoms with van der Waals surface area (Å²) in [6.45, 7) is 4.77. The lowest BCUT2D eigenvalue weighted by atomic mass is 10.0. The van der Waals surface area contributed by atoms with Gasteiger partial charge in [-0.15, -0.1) is 0 Å². The van der Waals surface area contributed by atoms with Crippen molar-refractivity contribution < 1.29 is 9.59 Å². The minimum atomic E-state index is -0.365. The average Bonchev–Trinajstić information content (AvgIpc) is 3.08. The lowest BCUT2D eigenvalue weighted by Crippen LogP contribution is -2.44. The summed E-state index contributed by atoms with van der Waals surface area (Å²) < 4.78 is 0. The Morgan fingerprint density at radius 1 is 1.10 bits per heavy atom. The molecule has 2 aromatic rings. The lowest BCUT2D eigenvalue weighted by molar-refractivity contribution is -0.120. The molecule has 0 fully saturated rings. The van der Waals surface area contributed by atoms with Crippen molar-refractivity contribution >= 4 is 40.3 Å². The smallest absolute Gasteiger partial charge is 0.270 e. The van der Waals surface area contributed by atoms with E-state index in [-0.39, 0.29) is 23.6 Å². The van der Waals surface area contributed by atoms with E-state index in [2.05, 4.69) is 36.3 Å². The third-order valence-electron chi connectivity index (χ3n) is 5.21. The molecule has 31 heavy (non-hydrogen) atoms. The van der Waals surface area contributed by atoms with Crippen LogP contribution in [0.25, 0.3) is 0 Å². The monoisotopic (exact) mass is 434 g/mol. The van der Waals surface area contributed by atoms with Crippen molar-refractivity contribution in [2.24, 2.45) is 15.9 Å². The number of para-hydroxylation sites is 1. The molecule has 2 aliphatic heterocycles. The highest BCUT2D eigenvalue weighted by atomic mass is 32.2. The number of aliphatic imine (C=N–C) groups is 2. The van der Waals surface area contributed by atoms with Crippen LogP contribution in [-0.2, 0) is 16.0 Å². The Morgan fingerprint density at radius 2 is 1.84 bits per heavy atom. The predicted molar refractivity (Wildman–Crippen MR) is 126 cm³/mol. The van der Waals surface area contributed by atoms with E-state index in [0.29, 0.717) is 29.9 Å². The molecule has 0 aliphatic carbocycles. The van der Waals surface area contributed by atoms with Gasteiger partial charge in [-0.25, -0.2) is 4.99 Å². The van der Waals surface area contributed by atoms with Crippen LogP contribution >= 0.6 is 11.8 Å². The Balaban J connectivity index is 1.44. The fourth-order valence-electron chi connectivity index (χ4n) is 3.75. The zero-order valence-corrected chi connectivity index (χ0v) is 18.6. The number of benzene rings is 2. The Labute approximate surface area is 186 Å². The molecule has 0 radical (unpaired) electrons. The summed E-state index contributed by atoms with van der Waals surface area (Å²) in [7, 11) is 0. The van der Waals surface area contributed by atoms with Crippen molar-refractivity contribution in [1.29, 1.82) is 0 Å². The number of fused-ring (bicyclic) bond motifs is 3. The summed E-state index contributed by atoms with van der Waals surface area (Å²) in [5.74, 6) is 1.04. The van der Waals surface area contributed by atoms with Crippen molar-refractivity contribution in [2.75, 3.05) is 12.3 Å². The van der Waals surface area contributed by atoms with E-state index < -0.39 is 0 Å². The van der Waals surface area contributed by atoms with Gasteiger partial charge in [-0.1, -0.05) is 68.1 Å². The van der Waals surface area contributed by atoms with Crippen LogP contribution < -0.4 is 5.32 Å². The maximum Gasteiger partial charge on any atom is 0.270 e. The number of amides is 2. The van der Waals surface area contributed by atoms with E-state index in [4.69, 9.17) is 4.99 Å². The number of hydrogen-bond donors (Lipinski definition) is 1. The molecule has 0 saturated heterocycles. The van der Waals surface area contributed by atoms with Crippen molar-refractivity contribution in [3.05, 3.63) is 65.7 Å². The maximum absolute atomic E-state index is 12.7. The van der Waals surface area contributed by atoms with Crippen LogP contribution in [0.1, 0.15) is 31.4 Å². The predicted octanol–water partition coefficient (Wildman–Crippen LogP) is 3.78. The molecule has 0 aromatic heterocycles. The summed E-state index contributed by atoms with van der Waals surface area (Å²) in [6.07, 6.45) is 1.48. The molecule has 0 saturated carbocycles. The van der Waals surface area contributed by atoms with Gasteiger partial charge in [0, 0.05) is 12.1 Å². The highest BCUT2D eigenvalue weighted by Gasteiger charge is 2.41. The SMILES string of the molecule is CC(C)CC1C(=O)N=C2c3ccccc3N=C(SCC(=O)NCCc3ccccc3)N21. The van der Waals surface area contributed by atoms with Crippen LogP contribution in [0, 0.1) is 5.92 Å². The van der Waals surface area contributed by atoms with Gasteiger partial charge in [0.25, 0.3) is 5.91 Å². The summed E-state index contributed by atoms with van der Waals surface area (Å²) in [5.41, 5.74) is 2.83. The second-order valence-corrected chi connectivity index (χ2v) is 9.02. The molecule has 2 aromatic carbocycles. The Hall–Kier alpha value is -2.93. The normalized spacial score (nSPS) is 17.2. The van der Waals surface area contributed by atoms with Gasteiger partial charge < -0.3 is 5.32 Å². The molecule has 1 N–H and O–H groups in total. The highest BCUT2D eigenvalue weighted by molar-refractivity contribution is 8.14. The first kappa shape index (κ1) is 21.3. The average molecular weight is 435 g/mol. The first-order valence-corrected chi connectivity index (χ1v) is 11.5. The van der Waals surface area contributed by atoms with Crippen LogP contribution in [0.15, 0.2) is 64.6 Å². The summed E-state index contributed by atoms with van der Waals surface area (Å²) in [4.78, 5) is 36.2. The first-order valence-electron chi connectivity index (χ1n) is 10.6. The third kappa shape index (κ3) is 4.88. The van der Waals surface area contributed by atoms with Gasteiger partial charge >= 0.3 is 0 Å². The van der Waals surface area contributed by atoms with Crippen LogP contribution in [0.3, 0.4) is 0 Å². The van der Waals surface area contributed by atoms with Gasteiger partial charge in [0.15, 0.2) is 5.17 Å². The first-order chi connectivity index (χ1) is 15.0. The largest absolute Gasteiger partial charge is 0.355 e. The van der Waals surface area contributed by atoms with Crippen molar-refractivity contribution in [1.82, 2.24) is 10.2 Å². The van der Waals surface area contributed by atoms with Crippen molar-refractivity contribution in [3.63, 3.8) is 0 Å². The van der Waals surface area contributed by atoms with Crippen LogP contribution in [0.5, 0.6) is 0 Å². The fraction of sp³-hybridized carbons (Fsp3) is 0.333. The van der Waals surface area contributed by atoms with Gasteiger partial charge in [-0.3, -0.25) is 14.5 Å². The van der Waals surface area contributed by atoms with Gasteiger partial charge in [-0.2, -0.15) is 4.99 Å². The number of carbonyl (C=O) groups is 2. The van der Waals surface area contributed by atoms with Crippen LogP contribution in [0.2, 0.25) is 0 Å². The topological polar surface area (TPSA) is 74.1 Å². The number of nitrogens with one attached hydrogen (secondary N) is 1. The second-order valence-electron chi connectivity index (χ2n) is 8.07. The van der Waals surface area contributed by atoms with E-state index in [1.165, 1.54) is 17.3 Å². The Kier molecular flexibility index (Phi) is 6.51. The van der Waals surface area contributed by atoms with Gasteiger partial charge in [-0.05, 0) is 36.5 Å². The van der Waals surface area contributed by atoms with E-state index >= 15 is 0 Å². The van der Waals surface area contributed by atoms with Crippen molar-refractivity contribution in [2.45, 2.75) is 32.7 Å². The van der Waals surface area contributed by atoms with Gasteiger partial charge in [0.05, 0.1) is 11.4 Å². The maximum atomic E-state index is 12.7. The molecule has 1 unspecified atom stereocenters. The lowest BCUT2D eigenvalue weighted by Gasteiger charge is -2.31. The number of amidine groups is 2. The number of carbonyl (C=O) groups excluding carboxylic acids is 2. The zero-order valence-electron chi connectivity index (χ0n) is 17.7. The van der Waals surface area contributed by atoms with Crippen molar-refractivity contribution in [3.8, 4) is 0 Å². The third-order valence-corrected chi connectivity index (χ3v) is 6.17. The number of rotatable bonds is 7. The summed E-state index contributed by atoms with van der Waals surface area (Å²) >= 11 is 1.36. The minimum absolute atomic E-state index is 0.0492. The van der Waals surface area contributed by atoms with E-state index in [1.54, 1.807) is 0 Å². The molecule has 0 spiro atoms. The summed E-state index contributed by atoms with van der Waals surface area (Å²) in [5, 5.41) is 3.63. The standard InChI is InChI=1S/C24H26N4O2S/c1-16(2)14-20-23(30)27-22-18-10-6-7-11-19(18)26-24(28(20)22)31-15-21(29)25-13-12-17-8-4-3-5-9-17/h3-11,16,20H,12-15H2,1-2H3,(H,25,29). The van der Waals surface area contributed by atoms with E-state index in [1.807, 2.05) is 47.4 Å². The van der Waals surface area contributed by atoms with E-state index in [9.17, 15) is 9.59 Å². The number of hydrogen-bond acceptors (Lipinski definition) is 5. The molecule has 6 nitrogen and oxygen atoms in total. The molecular weight excluding hydrogens is 408 g/mol. The number of thioether (sulfide) groups is 1.